The van der Waals surface area contributed by atoms with E-state index < -0.39 is 10.0 Å². The molecule has 0 atom stereocenters. The van der Waals surface area contributed by atoms with Crippen molar-refractivity contribution >= 4 is 10.0 Å². The van der Waals surface area contributed by atoms with E-state index in [2.05, 4.69) is 16.6 Å². The Labute approximate surface area is 95.4 Å². The van der Waals surface area contributed by atoms with Crippen molar-refractivity contribution in [3.05, 3.63) is 29.3 Å². The maximum absolute atomic E-state index is 11.6. The van der Waals surface area contributed by atoms with Gasteiger partial charge >= 0.3 is 0 Å². The Morgan fingerprint density at radius 1 is 1.44 bits per heavy atom. The molecule has 0 radical (unpaired) electrons. The van der Waals surface area contributed by atoms with Gasteiger partial charge in [-0.2, -0.15) is 0 Å². The fourth-order valence-corrected chi connectivity index (χ4v) is 2.21. The van der Waals surface area contributed by atoms with E-state index in [9.17, 15) is 8.42 Å². The Hall–Kier alpha value is -1.35. The van der Waals surface area contributed by atoms with Crippen LogP contribution in [0.1, 0.15) is 11.1 Å². The SMILES string of the molecule is CNS(=O)(=O)c1cc(C#CCO)ccc1C. The lowest BCUT2D eigenvalue weighted by Crippen LogP contribution is -2.19. The van der Waals surface area contributed by atoms with Crippen LogP contribution in [0.3, 0.4) is 0 Å². The molecule has 0 saturated heterocycles. The van der Waals surface area contributed by atoms with E-state index in [1.807, 2.05) is 0 Å². The molecule has 1 aromatic rings. The van der Waals surface area contributed by atoms with E-state index in [-0.39, 0.29) is 11.5 Å². The Bertz CT molecular complexity index is 538. The van der Waals surface area contributed by atoms with Gasteiger partial charge in [0, 0.05) is 5.56 Å². The van der Waals surface area contributed by atoms with Gasteiger partial charge in [-0.05, 0) is 31.7 Å². The minimum Gasteiger partial charge on any atom is -0.384 e. The number of aryl methyl sites for hydroxylation is 1. The molecular formula is C11H13NO3S. The van der Waals surface area contributed by atoms with Gasteiger partial charge in [0.05, 0.1) is 4.90 Å². The molecule has 0 bridgehead atoms. The summed E-state index contributed by atoms with van der Waals surface area (Å²) in [5.74, 6) is 5.14. The van der Waals surface area contributed by atoms with Crippen molar-refractivity contribution in [1.29, 1.82) is 0 Å². The maximum atomic E-state index is 11.6. The summed E-state index contributed by atoms with van der Waals surface area (Å²) in [4.78, 5) is 0.208. The van der Waals surface area contributed by atoms with Crippen LogP contribution in [0.4, 0.5) is 0 Å². The topological polar surface area (TPSA) is 66.4 Å². The van der Waals surface area contributed by atoms with E-state index in [0.717, 1.165) is 0 Å². The molecule has 0 unspecified atom stereocenters. The average molecular weight is 239 g/mol. The van der Waals surface area contributed by atoms with Gasteiger partial charge in [-0.3, -0.25) is 0 Å². The van der Waals surface area contributed by atoms with Gasteiger partial charge in [0.2, 0.25) is 10.0 Å². The summed E-state index contributed by atoms with van der Waals surface area (Å²) in [7, 11) is -2.09. The van der Waals surface area contributed by atoms with Gasteiger partial charge in [0.15, 0.2) is 0 Å². The molecule has 0 saturated carbocycles. The lowest BCUT2D eigenvalue weighted by molar-refractivity contribution is 0.350. The van der Waals surface area contributed by atoms with Crippen LogP contribution in [-0.4, -0.2) is 27.2 Å². The molecule has 0 fully saturated rings. The molecule has 0 heterocycles. The van der Waals surface area contributed by atoms with Crippen molar-refractivity contribution in [3.63, 3.8) is 0 Å². The van der Waals surface area contributed by atoms with Crippen molar-refractivity contribution in [3.8, 4) is 11.8 Å². The second-order valence-corrected chi connectivity index (χ2v) is 5.00. The smallest absolute Gasteiger partial charge is 0.240 e. The molecule has 1 aromatic carbocycles. The molecule has 0 aliphatic rings. The third kappa shape index (κ3) is 2.83. The molecular weight excluding hydrogens is 226 g/mol. The average Bonchev–Trinajstić information content (AvgIpc) is 2.27. The number of benzene rings is 1. The highest BCUT2D eigenvalue weighted by atomic mass is 32.2. The summed E-state index contributed by atoms with van der Waals surface area (Å²) in [5.41, 5.74) is 1.22. The number of aliphatic hydroxyl groups excluding tert-OH is 1. The lowest BCUT2D eigenvalue weighted by atomic mass is 10.1. The highest BCUT2D eigenvalue weighted by Crippen LogP contribution is 2.16. The summed E-state index contributed by atoms with van der Waals surface area (Å²) in [5, 5.41) is 8.55. The van der Waals surface area contributed by atoms with Gasteiger partial charge < -0.3 is 5.11 Å². The van der Waals surface area contributed by atoms with Gasteiger partial charge in [-0.15, -0.1) is 0 Å². The predicted octanol–water partition coefficient (Wildman–Crippen LogP) is 0.247. The molecule has 0 aliphatic heterocycles. The molecule has 2 N–H and O–H groups in total. The molecule has 0 aromatic heterocycles. The number of sulfonamides is 1. The van der Waals surface area contributed by atoms with Crippen LogP contribution < -0.4 is 4.72 Å². The van der Waals surface area contributed by atoms with Crippen LogP contribution in [0.25, 0.3) is 0 Å². The van der Waals surface area contributed by atoms with E-state index in [1.54, 1.807) is 19.1 Å². The third-order valence-corrected chi connectivity index (χ3v) is 3.61. The Morgan fingerprint density at radius 3 is 2.69 bits per heavy atom. The van der Waals surface area contributed by atoms with Crippen LogP contribution in [-0.2, 0) is 10.0 Å². The zero-order chi connectivity index (χ0) is 12.2. The van der Waals surface area contributed by atoms with Crippen LogP contribution in [0.5, 0.6) is 0 Å². The number of nitrogens with one attached hydrogen (secondary N) is 1. The molecule has 0 spiro atoms. The minimum atomic E-state index is -3.46. The number of rotatable bonds is 2. The zero-order valence-electron chi connectivity index (χ0n) is 9.11. The van der Waals surface area contributed by atoms with Crippen molar-refractivity contribution in [2.45, 2.75) is 11.8 Å². The second kappa shape index (κ2) is 5.12. The monoisotopic (exact) mass is 239 g/mol. The van der Waals surface area contributed by atoms with E-state index in [1.165, 1.54) is 13.1 Å². The molecule has 0 amide bonds. The number of hydrogen-bond acceptors (Lipinski definition) is 3. The predicted molar refractivity (Wildman–Crippen MR) is 61.4 cm³/mol. The fraction of sp³-hybridized carbons (Fsp3) is 0.273. The first kappa shape index (κ1) is 12.7. The molecule has 0 aliphatic carbocycles. The summed E-state index contributed by atoms with van der Waals surface area (Å²) in [6.07, 6.45) is 0. The summed E-state index contributed by atoms with van der Waals surface area (Å²) < 4.78 is 25.5. The molecule has 1 rings (SSSR count). The van der Waals surface area contributed by atoms with E-state index in [0.29, 0.717) is 11.1 Å². The lowest BCUT2D eigenvalue weighted by Gasteiger charge is -2.06. The summed E-state index contributed by atoms with van der Waals surface area (Å²) in [6, 6.07) is 4.89. The highest BCUT2D eigenvalue weighted by molar-refractivity contribution is 7.89. The standard InChI is InChI=1S/C11H13NO3S/c1-9-5-6-10(4-3-7-13)8-11(9)16(14,15)12-2/h5-6,8,12-13H,7H2,1-2H3. The van der Waals surface area contributed by atoms with Crippen molar-refractivity contribution in [1.82, 2.24) is 4.72 Å². The van der Waals surface area contributed by atoms with Crippen molar-refractivity contribution < 1.29 is 13.5 Å². The Balaban J connectivity index is 3.30. The van der Waals surface area contributed by atoms with Crippen molar-refractivity contribution in [2.75, 3.05) is 13.7 Å². The Kier molecular flexibility index (Phi) is 4.07. The second-order valence-electron chi connectivity index (χ2n) is 3.15. The van der Waals surface area contributed by atoms with Gasteiger partial charge in [-0.1, -0.05) is 17.9 Å². The summed E-state index contributed by atoms with van der Waals surface area (Å²) in [6.45, 7) is 1.47. The largest absolute Gasteiger partial charge is 0.384 e. The Morgan fingerprint density at radius 2 is 2.12 bits per heavy atom. The van der Waals surface area contributed by atoms with Gasteiger partial charge in [0.25, 0.3) is 0 Å². The first-order chi connectivity index (χ1) is 7.51. The van der Waals surface area contributed by atoms with E-state index >= 15 is 0 Å². The van der Waals surface area contributed by atoms with Crippen molar-refractivity contribution in [2.24, 2.45) is 0 Å². The normalized spacial score (nSPS) is 10.7. The zero-order valence-corrected chi connectivity index (χ0v) is 9.93. The van der Waals surface area contributed by atoms with E-state index in [4.69, 9.17) is 5.11 Å². The first-order valence-corrected chi connectivity index (χ1v) is 6.13. The molecule has 86 valence electrons. The van der Waals surface area contributed by atoms with Crippen LogP contribution in [0.2, 0.25) is 0 Å². The number of aliphatic hydroxyl groups is 1. The first-order valence-electron chi connectivity index (χ1n) is 4.65. The van der Waals surface area contributed by atoms with Crippen LogP contribution >= 0.6 is 0 Å². The number of hydrogen-bond donors (Lipinski definition) is 2. The highest BCUT2D eigenvalue weighted by Gasteiger charge is 2.14. The quantitative estimate of drug-likeness (QED) is 0.727. The molecule has 4 nitrogen and oxygen atoms in total. The van der Waals surface area contributed by atoms with Gasteiger partial charge in [-0.25, -0.2) is 13.1 Å². The third-order valence-electron chi connectivity index (χ3n) is 2.06. The molecule has 5 heteroatoms. The fourth-order valence-electron chi connectivity index (χ4n) is 1.22. The van der Waals surface area contributed by atoms with Gasteiger partial charge in [0.1, 0.15) is 6.61 Å². The van der Waals surface area contributed by atoms with Crippen LogP contribution in [0.15, 0.2) is 23.1 Å². The minimum absolute atomic E-state index is 0.208. The summed E-state index contributed by atoms with van der Waals surface area (Å²) >= 11 is 0. The van der Waals surface area contributed by atoms with Crippen LogP contribution in [0, 0.1) is 18.8 Å². The molecule has 16 heavy (non-hydrogen) atoms. The maximum Gasteiger partial charge on any atom is 0.240 e.